The molecule has 1 heterocycles. The molecule has 0 aliphatic heterocycles. The number of nitrogens with one attached hydrogen (secondary N) is 1. The number of nitrogens with zero attached hydrogens (tertiary/aromatic N) is 3. The fourth-order valence-electron chi connectivity index (χ4n) is 1.89. The average Bonchev–Trinajstić information content (AvgIpc) is 2.76. The van der Waals surface area contributed by atoms with Crippen LogP contribution in [-0.2, 0) is 13.5 Å². The number of hydrazine groups is 1. The number of hydrogen-bond donors (Lipinski definition) is 2. The quantitative estimate of drug-likeness (QED) is 0.627. The van der Waals surface area contributed by atoms with Gasteiger partial charge in [-0.25, -0.2) is 9.37 Å². The minimum atomic E-state index is -0.326. The van der Waals surface area contributed by atoms with E-state index in [2.05, 4.69) is 15.5 Å². The second-order valence-corrected chi connectivity index (χ2v) is 4.20. The monoisotopic (exact) mass is 249 g/mol. The van der Waals surface area contributed by atoms with Crippen molar-refractivity contribution in [3.05, 3.63) is 47.3 Å². The van der Waals surface area contributed by atoms with Gasteiger partial charge in [0.25, 0.3) is 0 Å². The van der Waals surface area contributed by atoms with Gasteiger partial charge in [0.2, 0.25) is 0 Å². The van der Waals surface area contributed by atoms with Crippen LogP contribution in [0.3, 0.4) is 0 Å². The number of halogens is 1. The number of rotatable bonds is 4. The number of aromatic nitrogens is 3. The molecular formula is C12H16FN5. The minimum absolute atomic E-state index is 0.234. The van der Waals surface area contributed by atoms with Gasteiger partial charge < -0.3 is 0 Å². The maximum Gasteiger partial charge on any atom is 0.138 e. The fourth-order valence-corrected chi connectivity index (χ4v) is 1.89. The molecule has 5 nitrogen and oxygen atoms in total. The molecule has 0 aliphatic rings. The van der Waals surface area contributed by atoms with Crippen LogP contribution >= 0.6 is 0 Å². The molecule has 6 heteroatoms. The van der Waals surface area contributed by atoms with Gasteiger partial charge in [-0.15, -0.1) is 0 Å². The van der Waals surface area contributed by atoms with Crippen molar-refractivity contribution in [2.24, 2.45) is 12.9 Å². The molecule has 3 N–H and O–H groups in total. The van der Waals surface area contributed by atoms with Crippen molar-refractivity contribution in [2.45, 2.75) is 19.4 Å². The van der Waals surface area contributed by atoms with Crippen LogP contribution in [0.1, 0.15) is 23.0 Å². The Morgan fingerprint density at radius 1 is 1.50 bits per heavy atom. The summed E-state index contributed by atoms with van der Waals surface area (Å²) in [5, 5.41) is 3.98. The number of aryl methyl sites for hydroxylation is 2. The van der Waals surface area contributed by atoms with E-state index in [1.807, 2.05) is 6.07 Å². The Balaban J connectivity index is 2.29. The van der Waals surface area contributed by atoms with Crippen LogP contribution < -0.4 is 11.3 Å². The Bertz CT molecular complexity index is 537. The second-order valence-electron chi connectivity index (χ2n) is 4.20. The molecule has 96 valence electrons. The first-order valence-electron chi connectivity index (χ1n) is 5.67. The summed E-state index contributed by atoms with van der Waals surface area (Å²) < 4.78 is 15.7. The summed E-state index contributed by atoms with van der Waals surface area (Å²) in [6.07, 6.45) is 1.95. The summed E-state index contributed by atoms with van der Waals surface area (Å²) in [6, 6.07) is 4.94. The van der Waals surface area contributed by atoms with Crippen LogP contribution in [-0.4, -0.2) is 14.8 Å². The van der Waals surface area contributed by atoms with Crippen LogP contribution in [0.25, 0.3) is 0 Å². The maximum absolute atomic E-state index is 14.0. The van der Waals surface area contributed by atoms with E-state index < -0.39 is 0 Å². The van der Waals surface area contributed by atoms with Gasteiger partial charge in [0.1, 0.15) is 18.0 Å². The summed E-state index contributed by atoms with van der Waals surface area (Å²) in [5.74, 6) is 6.03. The van der Waals surface area contributed by atoms with E-state index in [4.69, 9.17) is 5.84 Å². The van der Waals surface area contributed by atoms with Gasteiger partial charge in [0, 0.05) is 19.0 Å². The Kier molecular flexibility index (Phi) is 3.69. The molecule has 2 aromatic rings. The highest BCUT2D eigenvalue weighted by Crippen LogP contribution is 2.21. The van der Waals surface area contributed by atoms with E-state index >= 15 is 0 Å². The predicted molar refractivity (Wildman–Crippen MR) is 65.9 cm³/mol. The lowest BCUT2D eigenvalue weighted by atomic mass is 10.0. The van der Waals surface area contributed by atoms with E-state index in [-0.39, 0.29) is 11.9 Å². The summed E-state index contributed by atoms with van der Waals surface area (Å²) in [7, 11) is 1.79. The molecular weight excluding hydrogens is 233 g/mol. The van der Waals surface area contributed by atoms with E-state index in [1.165, 1.54) is 6.33 Å². The highest BCUT2D eigenvalue weighted by atomic mass is 19.1. The van der Waals surface area contributed by atoms with E-state index in [0.717, 1.165) is 5.82 Å². The second kappa shape index (κ2) is 5.24. The molecule has 0 bridgehead atoms. The van der Waals surface area contributed by atoms with Gasteiger partial charge in [-0.05, 0) is 12.5 Å². The molecule has 1 aromatic heterocycles. The zero-order chi connectivity index (χ0) is 13.1. The van der Waals surface area contributed by atoms with Gasteiger partial charge in [0.05, 0.1) is 6.04 Å². The van der Waals surface area contributed by atoms with Crippen molar-refractivity contribution in [1.29, 1.82) is 0 Å². The normalized spacial score (nSPS) is 12.7. The standard InChI is InChI=1S/C12H16FN5/c1-8-4-3-5-9(12(8)13)10(17-14)6-11-15-7-16-18(11)2/h3-5,7,10,17H,6,14H2,1-2H3. The smallest absolute Gasteiger partial charge is 0.138 e. The number of hydrogen-bond acceptors (Lipinski definition) is 4. The summed E-state index contributed by atoms with van der Waals surface area (Å²) in [5.41, 5.74) is 3.78. The van der Waals surface area contributed by atoms with Gasteiger partial charge in [0.15, 0.2) is 0 Å². The van der Waals surface area contributed by atoms with Gasteiger partial charge in [-0.1, -0.05) is 18.2 Å². The van der Waals surface area contributed by atoms with Crippen molar-refractivity contribution < 1.29 is 4.39 Å². The summed E-state index contributed by atoms with van der Waals surface area (Å²) in [4.78, 5) is 4.11. The average molecular weight is 249 g/mol. The van der Waals surface area contributed by atoms with Gasteiger partial charge in [-0.2, -0.15) is 5.10 Å². The SMILES string of the molecule is Cc1cccc(C(Cc2ncnn2C)NN)c1F. The highest BCUT2D eigenvalue weighted by Gasteiger charge is 2.18. The molecule has 0 aliphatic carbocycles. The fraction of sp³-hybridized carbons (Fsp3) is 0.333. The van der Waals surface area contributed by atoms with Gasteiger partial charge >= 0.3 is 0 Å². The maximum atomic E-state index is 14.0. The topological polar surface area (TPSA) is 68.8 Å². The van der Waals surface area contributed by atoms with Crippen LogP contribution in [0.5, 0.6) is 0 Å². The molecule has 0 saturated heterocycles. The lowest BCUT2D eigenvalue weighted by Crippen LogP contribution is -2.31. The third kappa shape index (κ3) is 2.39. The van der Waals surface area contributed by atoms with Crippen LogP contribution in [0.4, 0.5) is 4.39 Å². The molecule has 0 amide bonds. The van der Waals surface area contributed by atoms with Crippen LogP contribution in [0.2, 0.25) is 0 Å². The molecule has 1 atom stereocenters. The first-order chi connectivity index (χ1) is 8.63. The Morgan fingerprint density at radius 3 is 2.89 bits per heavy atom. The Hall–Kier alpha value is -1.79. The van der Waals surface area contributed by atoms with Crippen LogP contribution in [0, 0.1) is 12.7 Å². The first-order valence-corrected chi connectivity index (χ1v) is 5.67. The predicted octanol–water partition coefficient (Wildman–Crippen LogP) is 1.01. The molecule has 18 heavy (non-hydrogen) atoms. The zero-order valence-corrected chi connectivity index (χ0v) is 10.4. The first kappa shape index (κ1) is 12.7. The van der Waals surface area contributed by atoms with E-state index in [9.17, 15) is 4.39 Å². The molecule has 2 rings (SSSR count). The molecule has 1 aromatic carbocycles. The van der Waals surface area contributed by atoms with Crippen molar-refractivity contribution in [3.63, 3.8) is 0 Å². The minimum Gasteiger partial charge on any atom is -0.271 e. The summed E-state index contributed by atoms with van der Waals surface area (Å²) >= 11 is 0. The van der Waals surface area contributed by atoms with E-state index in [0.29, 0.717) is 17.5 Å². The third-order valence-corrected chi connectivity index (χ3v) is 2.99. The zero-order valence-electron chi connectivity index (χ0n) is 10.4. The molecule has 0 saturated carbocycles. The third-order valence-electron chi connectivity index (χ3n) is 2.99. The largest absolute Gasteiger partial charge is 0.271 e. The van der Waals surface area contributed by atoms with Crippen molar-refractivity contribution in [3.8, 4) is 0 Å². The molecule has 1 unspecified atom stereocenters. The van der Waals surface area contributed by atoms with Gasteiger partial charge in [-0.3, -0.25) is 16.0 Å². The van der Waals surface area contributed by atoms with Crippen molar-refractivity contribution in [1.82, 2.24) is 20.2 Å². The molecule has 0 spiro atoms. The van der Waals surface area contributed by atoms with Crippen molar-refractivity contribution >= 4 is 0 Å². The Morgan fingerprint density at radius 2 is 2.28 bits per heavy atom. The lowest BCUT2D eigenvalue weighted by Gasteiger charge is -2.17. The van der Waals surface area contributed by atoms with E-state index in [1.54, 1.807) is 30.8 Å². The van der Waals surface area contributed by atoms with Crippen LogP contribution in [0.15, 0.2) is 24.5 Å². The lowest BCUT2D eigenvalue weighted by molar-refractivity contribution is 0.490. The number of benzene rings is 1. The molecule has 0 radical (unpaired) electrons. The molecule has 0 fully saturated rings. The summed E-state index contributed by atoms with van der Waals surface area (Å²) in [6.45, 7) is 1.73. The van der Waals surface area contributed by atoms with Crippen molar-refractivity contribution in [2.75, 3.05) is 0 Å². The highest BCUT2D eigenvalue weighted by molar-refractivity contribution is 5.28. The Labute approximate surface area is 105 Å². The number of nitrogens with two attached hydrogens (primary N) is 1.